The van der Waals surface area contributed by atoms with Crippen LogP contribution in [0.2, 0.25) is 0 Å². The van der Waals surface area contributed by atoms with Gasteiger partial charge in [0.15, 0.2) is 5.13 Å². The van der Waals surface area contributed by atoms with Gasteiger partial charge in [-0.2, -0.15) is 0 Å². The van der Waals surface area contributed by atoms with E-state index in [4.69, 9.17) is 4.42 Å². The summed E-state index contributed by atoms with van der Waals surface area (Å²) in [5.41, 5.74) is 1.36. The number of para-hydroxylation sites is 1. The van der Waals surface area contributed by atoms with Gasteiger partial charge in [0.2, 0.25) is 11.8 Å². The van der Waals surface area contributed by atoms with Crippen LogP contribution in [0.25, 0.3) is 6.08 Å². The molecule has 8 heteroatoms. The number of benzene rings is 1. The maximum atomic E-state index is 12.2. The average molecular weight is 425 g/mol. The van der Waals surface area contributed by atoms with Gasteiger partial charge >= 0.3 is 0 Å². The predicted octanol–water partition coefficient (Wildman–Crippen LogP) is 3.85. The molecule has 0 radical (unpaired) electrons. The SMILES string of the molecule is CC(=O)N(c1ccccc1)c1nc(C=CC(=O)NCC(c2ccco2)N(C)C)cs1. The summed E-state index contributed by atoms with van der Waals surface area (Å²) in [5.74, 6) is 0.435. The fourth-order valence-electron chi connectivity index (χ4n) is 2.90. The molecular formula is C22H24N4O3S. The Morgan fingerprint density at radius 1 is 1.20 bits per heavy atom. The Labute approximate surface area is 179 Å². The van der Waals surface area contributed by atoms with Crippen LogP contribution < -0.4 is 10.2 Å². The number of aromatic nitrogens is 1. The van der Waals surface area contributed by atoms with Crippen molar-refractivity contribution < 1.29 is 14.0 Å². The maximum absolute atomic E-state index is 12.2. The van der Waals surface area contributed by atoms with Crippen LogP contribution in [-0.4, -0.2) is 42.3 Å². The van der Waals surface area contributed by atoms with E-state index in [2.05, 4.69) is 10.3 Å². The molecule has 1 atom stereocenters. The second kappa shape index (κ2) is 10.00. The van der Waals surface area contributed by atoms with Gasteiger partial charge in [-0.3, -0.25) is 19.4 Å². The van der Waals surface area contributed by atoms with Gasteiger partial charge in [0.1, 0.15) is 5.76 Å². The minimum Gasteiger partial charge on any atom is -0.468 e. The number of nitrogens with one attached hydrogen (secondary N) is 1. The van der Waals surface area contributed by atoms with Crippen LogP contribution in [-0.2, 0) is 9.59 Å². The van der Waals surface area contributed by atoms with Gasteiger partial charge in [-0.1, -0.05) is 18.2 Å². The normalized spacial score (nSPS) is 12.3. The van der Waals surface area contributed by atoms with Crippen LogP contribution in [0.3, 0.4) is 0 Å². The molecule has 0 fully saturated rings. The summed E-state index contributed by atoms with van der Waals surface area (Å²) in [5, 5.41) is 5.24. The number of furan rings is 1. The number of amides is 2. The number of rotatable bonds is 8. The monoisotopic (exact) mass is 424 g/mol. The van der Waals surface area contributed by atoms with Gasteiger partial charge < -0.3 is 9.73 Å². The Bertz CT molecular complexity index is 997. The third-order valence-corrected chi connectivity index (χ3v) is 5.24. The van der Waals surface area contributed by atoms with Crippen LogP contribution in [0.1, 0.15) is 24.4 Å². The molecule has 0 aliphatic rings. The number of likely N-dealkylation sites (N-methyl/N-ethyl adjacent to an activating group) is 1. The lowest BCUT2D eigenvalue weighted by atomic mass is 10.2. The van der Waals surface area contributed by atoms with E-state index in [-0.39, 0.29) is 17.9 Å². The highest BCUT2D eigenvalue weighted by Crippen LogP contribution is 2.29. The van der Waals surface area contributed by atoms with E-state index in [0.29, 0.717) is 17.4 Å². The first-order valence-electron chi connectivity index (χ1n) is 9.42. The fourth-order valence-corrected chi connectivity index (χ4v) is 3.75. The molecule has 1 unspecified atom stereocenters. The Balaban J connectivity index is 1.63. The summed E-state index contributed by atoms with van der Waals surface area (Å²) in [6, 6.07) is 13.0. The van der Waals surface area contributed by atoms with Crippen molar-refractivity contribution in [3.63, 3.8) is 0 Å². The first kappa shape index (κ1) is 21.5. The molecule has 3 rings (SSSR count). The molecule has 156 valence electrons. The summed E-state index contributed by atoms with van der Waals surface area (Å²) >= 11 is 1.34. The largest absolute Gasteiger partial charge is 0.468 e. The highest BCUT2D eigenvalue weighted by Gasteiger charge is 2.18. The first-order valence-corrected chi connectivity index (χ1v) is 10.3. The molecule has 0 bridgehead atoms. The zero-order valence-corrected chi connectivity index (χ0v) is 17.9. The number of nitrogens with zero attached hydrogens (tertiary/aromatic N) is 3. The van der Waals surface area contributed by atoms with E-state index in [1.54, 1.807) is 17.2 Å². The Morgan fingerprint density at radius 2 is 1.97 bits per heavy atom. The van der Waals surface area contributed by atoms with Crippen molar-refractivity contribution >= 4 is 40.0 Å². The Morgan fingerprint density at radius 3 is 2.60 bits per heavy atom. The van der Waals surface area contributed by atoms with Crippen LogP contribution >= 0.6 is 11.3 Å². The zero-order chi connectivity index (χ0) is 21.5. The van der Waals surface area contributed by atoms with Crippen LogP contribution in [0, 0.1) is 0 Å². The van der Waals surface area contributed by atoms with E-state index in [1.165, 1.54) is 24.3 Å². The lowest BCUT2D eigenvalue weighted by molar-refractivity contribution is -0.117. The molecule has 0 saturated heterocycles. The maximum Gasteiger partial charge on any atom is 0.244 e. The smallest absolute Gasteiger partial charge is 0.244 e. The van der Waals surface area contributed by atoms with Gasteiger partial charge in [-0.05, 0) is 44.4 Å². The number of hydrogen-bond acceptors (Lipinski definition) is 6. The molecule has 1 N–H and O–H groups in total. The van der Waals surface area contributed by atoms with Gasteiger partial charge in [0, 0.05) is 24.9 Å². The number of carbonyl (C=O) groups excluding carboxylic acids is 2. The molecule has 2 heterocycles. The molecule has 7 nitrogen and oxygen atoms in total. The van der Waals surface area contributed by atoms with Crippen molar-refractivity contribution in [2.75, 3.05) is 25.5 Å². The van der Waals surface area contributed by atoms with E-state index in [1.807, 2.05) is 66.8 Å². The molecule has 0 aliphatic carbocycles. The highest BCUT2D eigenvalue weighted by molar-refractivity contribution is 7.14. The second-order valence-corrected chi connectivity index (χ2v) is 7.65. The average Bonchev–Trinajstić information content (AvgIpc) is 3.40. The first-order chi connectivity index (χ1) is 14.5. The van der Waals surface area contributed by atoms with Gasteiger partial charge in [0.25, 0.3) is 0 Å². The third kappa shape index (κ3) is 5.43. The van der Waals surface area contributed by atoms with E-state index < -0.39 is 0 Å². The molecule has 2 aromatic heterocycles. The molecule has 3 aromatic rings. The van der Waals surface area contributed by atoms with Crippen molar-refractivity contribution in [1.82, 2.24) is 15.2 Å². The summed E-state index contributed by atoms with van der Waals surface area (Å²) in [7, 11) is 3.86. The van der Waals surface area contributed by atoms with E-state index in [0.717, 1.165) is 11.4 Å². The Hall–Kier alpha value is -3.23. The summed E-state index contributed by atoms with van der Waals surface area (Å²) in [6.07, 6.45) is 4.69. The van der Waals surface area contributed by atoms with Gasteiger partial charge in [-0.15, -0.1) is 11.3 Å². The van der Waals surface area contributed by atoms with Crippen LogP contribution in [0.5, 0.6) is 0 Å². The minimum atomic E-state index is -0.227. The van der Waals surface area contributed by atoms with Crippen molar-refractivity contribution in [3.05, 3.63) is 71.6 Å². The summed E-state index contributed by atoms with van der Waals surface area (Å²) in [6.45, 7) is 1.91. The van der Waals surface area contributed by atoms with Crippen LogP contribution in [0.15, 0.2) is 64.6 Å². The summed E-state index contributed by atoms with van der Waals surface area (Å²) in [4.78, 5) is 32.4. The van der Waals surface area contributed by atoms with Crippen molar-refractivity contribution in [1.29, 1.82) is 0 Å². The standard InChI is InChI=1S/C22H24N4O3S/c1-16(27)26(18-8-5-4-6-9-18)22-24-17(15-30-22)11-12-21(28)23-14-19(25(2)3)20-10-7-13-29-20/h4-13,15,19H,14H2,1-3H3,(H,23,28). The number of carbonyl (C=O) groups is 2. The number of anilines is 2. The van der Waals surface area contributed by atoms with Crippen molar-refractivity contribution in [2.24, 2.45) is 0 Å². The van der Waals surface area contributed by atoms with Gasteiger partial charge in [0.05, 0.1) is 23.7 Å². The van der Waals surface area contributed by atoms with Crippen molar-refractivity contribution in [3.8, 4) is 0 Å². The molecule has 2 amide bonds. The zero-order valence-electron chi connectivity index (χ0n) is 17.1. The van der Waals surface area contributed by atoms with Crippen molar-refractivity contribution in [2.45, 2.75) is 13.0 Å². The molecule has 0 saturated carbocycles. The topological polar surface area (TPSA) is 78.7 Å². The number of hydrogen-bond donors (Lipinski definition) is 1. The highest BCUT2D eigenvalue weighted by atomic mass is 32.1. The van der Waals surface area contributed by atoms with Gasteiger partial charge in [-0.25, -0.2) is 4.98 Å². The third-order valence-electron chi connectivity index (χ3n) is 4.40. The van der Waals surface area contributed by atoms with E-state index in [9.17, 15) is 9.59 Å². The summed E-state index contributed by atoms with van der Waals surface area (Å²) < 4.78 is 5.45. The lowest BCUT2D eigenvalue weighted by Gasteiger charge is -2.22. The molecular weight excluding hydrogens is 400 g/mol. The minimum absolute atomic E-state index is 0.0572. The fraction of sp³-hybridized carbons (Fsp3) is 0.227. The second-order valence-electron chi connectivity index (χ2n) is 6.82. The molecule has 0 spiro atoms. The molecule has 0 aliphatic heterocycles. The Kier molecular flexibility index (Phi) is 7.16. The van der Waals surface area contributed by atoms with E-state index >= 15 is 0 Å². The lowest BCUT2D eigenvalue weighted by Crippen LogP contribution is -2.33. The quantitative estimate of drug-likeness (QED) is 0.556. The van der Waals surface area contributed by atoms with Crippen LogP contribution in [0.4, 0.5) is 10.8 Å². The molecule has 30 heavy (non-hydrogen) atoms. The predicted molar refractivity (Wildman–Crippen MR) is 119 cm³/mol. The molecule has 1 aromatic carbocycles. The number of thiazole rings is 1.